The second-order valence-corrected chi connectivity index (χ2v) is 5.87. The highest BCUT2D eigenvalue weighted by Gasteiger charge is 2.14. The van der Waals surface area contributed by atoms with E-state index >= 15 is 0 Å². The van der Waals surface area contributed by atoms with Crippen LogP contribution in [0.1, 0.15) is 10.4 Å². The topological polar surface area (TPSA) is 26.0 Å². The first-order valence-electron chi connectivity index (χ1n) is 5.49. The molecule has 0 spiro atoms. The second-order valence-electron chi connectivity index (χ2n) is 4.07. The largest absolute Gasteiger partial charge is 0.327 e. The van der Waals surface area contributed by atoms with Gasteiger partial charge in [-0.3, -0.25) is 0 Å². The zero-order chi connectivity index (χ0) is 13.1. The fourth-order valence-electron chi connectivity index (χ4n) is 1.78. The van der Waals surface area contributed by atoms with E-state index in [9.17, 15) is 8.78 Å². The Hall–Kier alpha value is -0.970. The summed E-state index contributed by atoms with van der Waals surface area (Å²) in [4.78, 5) is 1.02. The molecule has 0 saturated carbocycles. The van der Waals surface area contributed by atoms with Gasteiger partial charge < -0.3 is 5.73 Å². The molecule has 0 bridgehead atoms. The molecule has 18 heavy (non-hydrogen) atoms. The molecule has 96 valence electrons. The van der Waals surface area contributed by atoms with Gasteiger partial charge in [0.15, 0.2) is 0 Å². The van der Waals surface area contributed by atoms with E-state index in [0.717, 1.165) is 4.88 Å². The molecule has 2 rings (SSSR count). The first-order chi connectivity index (χ1) is 8.56. The number of benzene rings is 1. The lowest BCUT2D eigenvalue weighted by molar-refractivity contribution is 0.534. The lowest BCUT2D eigenvalue weighted by Gasteiger charge is -2.11. The van der Waals surface area contributed by atoms with Crippen molar-refractivity contribution >= 4 is 22.9 Å². The van der Waals surface area contributed by atoms with Gasteiger partial charge in [-0.05, 0) is 37.1 Å². The Morgan fingerprint density at radius 2 is 1.78 bits per heavy atom. The van der Waals surface area contributed by atoms with Gasteiger partial charge in [-0.15, -0.1) is 11.3 Å². The number of thiophene rings is 1. The maximum Gasteiger partial charge on any atom is 0.129 e. The van der Waals surface area contributed by atoms with Crippen LogP contribution in [0.3, 0.4) is 0 Å². The van der Waals surface area contributed by atoms with Crippen LogP contribution in [0, 0.1) is 11.6 Å². The number of hydrogen-bond donors (Lipinski definition) is 1. The highest BCUT2D eigenvalue weighted by atomic mass is 35.5. The van der Waals surface area contributed by atoms with Crippen LogP contribution in [0.5, 0.6) is 0 Å². The SMILES string of the molecule is NC(Cc1ccc(Cl)s1)Cc1c(F)cccc1F. The van der Waals surface area contributed by atoms with Gasteiger partial charge in [0.2, 0.25) is 0 Å². The summed E-state index contributed by atoms with van der Waals surface area (Å²) in [6.07, 6.45) is 0.735. The molecule has 0 fully saturated rings. The van der Waals surface area contributed by atoms with Gasteiger partial charge in [0.25, 0.3) is 0 Å². The van der Waals surface area contributed by atoms with Crippen LogP contribution in [0.15, 0.2) is 30.3 Å². The molecule has 0 amide bonds. The summed E-state index contributed by atoms with van der Waals surface area (Å²) in [5.74, 6) is -1.09. The fraction of sp³-hybridized carbons (Fsp3) is 0.231. The Morgan fingerprint density at radius 3 is 2.33 bits per heavy atom. The fourth-order valence-corrected chi connectivity index (χ4v) is 2.96. The molecule has 2 N–H and O–H groups in total. The quantitative estimate of drug-likeness (QED) is 0.910. The van der Waals surface area contributed by atoms with E-state index in [1.807, 2.05) is 6.07 Å². The third kappa shape index (κ3) is 3.28. The second kappa shape index (κ2) is 5.78. The molecule has 0 radical (unpaired) electrons. The highest BCUT2D eigenvalue weighted by molar-refractivity contribution is 7.16. The lowest BCUT2D eigenvalue weighted by Crippen LogP contribution is -2.26. The normalized spacial score (nSPS) is 12.7. The Bertz CT molecular complexity index is 521. The predicted octanol–water partition coefficient (Wildman–Crippen LogP) is 3.79. The van der Waals surface area contributed by atoms with Crippen LogP contribution in [0.4, 0.5) is 8.78 Å². The molecular weight excluding hydrogens is 276 g/mol. The Balaban J connectivity index is 2.05. The molecule has 2 aromatic rings. The van der Waals surface area contributed by atoms with Crippen LogP contribution in [0.25, 0.3) is 0 Å². The van der Waals surface area contributed by atoms with Gasteiger partial charge >= 0.3 is 0 Å². The minimum absolute atomic E-state index is 0.0488. The van der Waals surface area contributed by atoms with Gasteiger partial charge in [-0.25, -0.2) is 8.78 Å². The maximum absolute atomic E-state index is 13.4. The van der Waals surface area contributed by atoms with E-state index in [4.69, 9.17) is 17.3 Å². The third-order valence-corrected chi connectivity index (χ3v) is 3.87. The summed E-state index contributed by atoms with van der Waals surface area (Å²) in [6, 6.07) is 7.17. The average Bonchev–Trinajstić information content (AvgIpc) is 2.69. The maximum atomic E-state index is 13.4. The lowest BCUT2D eigenvalue weighted by atomic mass is 10.0. The van der Waals surface area contributed by atoms with Crippen molar-refractivity contribution in [3.05, 3.63) is 56.7 Å². The van der Waals surface area contributed by atoms with Crippen molar-refractivity contribution in [2.45, 2.75) is 18.9 Å². The average molecular weight is 288 g/mol. The molecule has 5 heteroatoms. The highest BCUT2D eigenvalue weighted by Crippen LogP contribution is 2.23. The predicted molar refractivity (Wildman–Crippen MR) is 71.1 cm³/mol. The van der Waals surface area contributed by atoms with Gasteiger partial charge in [0, 0.05) is 16.5 Å². The molecule has 0 aliphatic carbocycles. The van der Waals surface area contributed by atoms with Crippen LogP contribution < -0.4 is 5.73 Å². The third-order valence-electron chi connectivity index (χ3n) is 2.62. The van der Waals surface area contributed by atoms with Crippen LogP contribution in [-0.4, -0.2) is 6.04 Å². The van der Waals surface area contributed by atoms with Crippen LogP contribution in [0.2, 0.25) is 4.34 Å². The summed E-state index contributed by atoms with van der Waals surface area (Å²) in [7, 11) is 0. The zero-order valence-electron chi connectivity index (χ0n) is 9.50. The summed E-state index contributed by atoms with van der Waals surface area (Å²) < 4.78 is 27.6. The molecule has 0 saturated heterocycles. The summed E-state index contributed by atoms with van der Waals surface area (Å²) in [5.41, 5.74) is 5.96. The standard InChI is InChI=1S/C13H12ClF2NS/c14-13-5-4-9(18-13)6-8(17)7-10-11(15)2-1-3-12(10)16/h1-5,8H,6-7,17H2. The van der Waals surface area contributed by atoms with E-state index in [2.05, 4.69) is 0 Å². The minimum Gasteiger partial charge on any atom is -0.327 e. The number of halogens is 3. The minimum atomic E-state index is -0.547. The number of rotatable bonds is 4. The monoisotopic (exact) mass is 287 g/mol. The molecule has 1 nitrogen and oxygen atoms in total. The summed E-state index contributed by atoms with van der Waals surface area (Å²) in [6.45, 7) is 0. The first kappa shape index (κ1) is 13.5. The Labute approximate surface area is 113 Å². The van der Waals surface area contributed by atoms with Gasteiger partial charge in [-0.1, -0.05) is 17.7 Å². The van der Waals surface area contributed by atoms with Gasteiger partial charge in [0.1, 0.15) is 11.6 Å². The molecule has 1 unspecified atom stereocenters. The first-order valence-corrected chi connectivity index (χ1v) is 6.68. The van der Waals surface area contributed by atoms with E-state index < -0.39 is 11.6 Å². The summed E-state index contributed by atoms with van der Waals surface area (Å²) in [5, 5.41) is 0. The number of hydrogen-bond acceptors (Lipinski definition) is 2. The van der Waals surface area contributed by atoms with Crippen molar-refractivity contribution in [3.63, 3.8) is 0 Å². The van der Waals surface area contributed by atoms with Crippen molar-refractivity contribution in [3.8, 4) is 0 Å². The Kier molecular flexibility index (Phi) is 4.32. The zero-order valence-corrected chi connectivity index (χ0v) is 11.1. The van der Waals surface area contributed by atoms with Crippen LogP contribution in [-0.2, 0) is 12.8 Å². The molecule has 1 aromatic carbocycles. The van der Waals surface area contributed by atoms with Crippen molar-refractivity contribution in [2.75, 3.05) is 0 Å². The summed E-state index contributed by atoms with van der Waals surface area (Å²) >= 11 is 7.25. The Morgan fingerprint density at radius 1 is 1.11 bits per heavy atom. The van der Waals surface area contributed by atoms with E-state index in [-0.39, 0.29) is 18.0 Å². The van der Waals surface area contributed by atoms with Crippen molar-refractivity contribution in [1.29, 1.82) is 0 Å². The van der Waals surface area contributed by atoms with Crippen molar-refractivity contribution in [2.24, 2.45) is 5.73 Å². The van der Waals surface area contributed by atoms with E-state index in [1.165, 1.54) is 29.5 Å². The molecule has 1 atom stereocenters. The molecule has 0 aliphatic rings. The van der Waals surface area contributed by atoms with Gasteiger partial charge in [0.05, 0.1) is 4.34 Å². The van der Waals surface area contributed by atoms with Crippen molar-refractivity contribution < 1.29 is 8.78 Å². The smallest absolute Gasteiger partial charge is 0.129 e. The molecule has 1 aromatic heterocycles. The van der Waals surface area contributed by atoms with Gasteiger partial charge in [-0.2, -0.15) is 0 Å². The van der Waals surface area contributed by atoms with Crippen molar-refractivity contribution in [1.82, 2.24) is 0 Å². The molecule has 0 aliphatic heterocycles. The van der Waals surface area contributed by atoms with E-state index in [0.29, 0.717) is 10.8 Å². The van der Waals surface area contributed by atoms with E-state index in [1.54, 1.807) is 6.07 Å². The number of nitrogens with two attached hydrogens (primary N) is 1. The molecule has 1 heterocycles. The van der Waals surface area contributed by atoms with Crippen LogP contribution >= 0.6 is 22.9 Å². The molecular formula is C13H12ClF2NS.